The second-order valence-corrected chi connectivity index (χ2v) is 5.31. The largest absolute Gasteiger partial charge is 0.308 e. The van der Waals surface area contributed by atoms with Gasteiger partial charge in [-0.05, 0) is 31.9 Å². The van der Waals surface area contributed by atoms with Crippen molar-refractivity contribution in [2.24, 2.45) is 0 Å². The lowest BCUT2D eigenvalue weighted by Crippen LogP contribution is -2.12. The van der Waals surface area contributed by atoms with Crippen molar-refractivity contribution in [3.63, 3.8) is 0 Å². The summed E-state index contributed by atoms with van der Waals surface area (Å²) in [7, 11) is 0. The van der Waals surface area contributed by atoms with Crippen LogP contribution in [0, 0.1) is 0 Å². The molecule has 0 N–H and O–H groups in total. The maximum atomic E-state index is 6.27. The first kappa shape index (κ1) is 13.3. The first-order valence-electron chi connectivity index (χ1n) is 6.65. The average molecular weight is 266 g/mol. The molecule has 4 heteroatoms. The molecular weight excluding hydrogens is 246 g/mol. The minimum Gasteiger partial charge on any atom is -0.308 e. The summed E-state index contributed by atoms with van der Waals surface area (Å²) in [6.07, 6.45) is 5.19. The highest BCUT2D eigenvalue weighted by Gasteiger charge is 2.20. The molecule has 0 aliphatic heterocycles. The fourth-order valence-corrected chi connectivity index (χ4v) is 2.59. The van der Waals surface area contributed by atoms with Gasteiger partial charge >= 0.3 is 0 Å². The zero-order valence-corrected chi connectivity index (χ0v) is 12.0. The quantitative estimate of drug-likeness (QED) is 0.746. The summed E-state index contributed by atoms with van der Waals surface area (Å²) in [6, 6.07) is 4.36. The lowest BCUT2D eigenvalue weighted by molar-refractivity contribution is 0.441. The third kappa shape index (κ3) is 2.37. The van der Waals surface area contributed by atoms with E-state index >= 15 is 0 Å². The molecule has 0 spiro atoms. The molecule has 2 rings (SSSR count). The van der Waals surface area contributed by atoms with Crippen LogP contribution in [0.25, 0.3) is 11.2 Å². The average Bonchev–Trinajstić information content (AvgIpc) is 2.75. The number of rotatable bonds is 5. The summed E-state index contributed by atoms with van der Waals surface area (Å²) in [4.78, 5) is 9.11. The first-order chi connectivity index (χ1) is 8.69. The molecule has 0 amide bonds. The van der Waals surface area contributed by atoms with E-state index in [1.165, 1.54) is 0 Å². The molecule has 0 aliphatic carbocycles. The molecular formula is C14H20ClN3. The van der Waals surface area contributed by atoms with Crippen molar-refractivity contribution in [1.29, 1.82) is 0 Å². The van der Waals surface area contributed by atoms with E-state index in [1.807, 2.05) is 25.3 Å². The highest BCUT2D eigenvalue weighted by atomic mass is 35.5. The van der Waals surface area contributed by atoms with E-state index in [0.29, 0.717) is 6.04 Å². The van der Waals surface area contributed by atoms with Crippen LogP contribution in [0.15, 0.2) is 18.3 Å². The standard InChI is InChI=1S/C14H20ClN3/c1-4-7-11(5-2)18-13(10(3)15)17-12-8-6-9-16-14(12)18/h6,8-11H,4-5,7H2,1-3H3. The van der Waals surface area contributed by atoms with Crippen LogP contribution in [0.1, 0.15) is 57.3 Å². The number of hydrogen-bond acceptors (Lipinski definition) is 2. The molecule has 0 saturated heterocycles. The molecule has 98 valence electrons. The van der Waals surface area contributed by atoms with Gasteiger partial charge in [-0.15, -0.1) is 11.6 Å². The fourth-order valence-electron chi connectivity index (χ4n) is 2.44. The summed E-state index contributed by atoms with van der Waals surface area (Å²) >= 11 is 6.27. The Labute approximate surface area is 113 Å². The van der Waals surface area contributed by atoms with Gasteiger partial charge in [0, 0.05) is 12.2 Å². The minimum absolute atomic E-state index is 0.0925. The summed E-state index contributed by atoms with van der Waals surface area (Å²) in [5.74, 6) is 0.936. The Balaban J connectivity index is 2.60. The molecule has 2 aromatic heterocycles. The molecule has 2 atom stereocenters. The molecule has 3 nitrogen and oxygen atoms in total. The zero-order valence-electron chi connectivity index (χ0n) is 11.2. The topological polar surface area (TPSA) is 30.7 Å². The maximum absolute atomic E-state index is 6.27. The van der Waals surface area contributed by atoms with Gasteiger partial charge in [0.1, 0.15) is 11.3 Å². The predicted molar refractivity (Wildman–Crippen MR) is 76.0 cm³/mol. The Kier molecular flexibility index (Phi) is 4.23. The second kappa shape index (κ2) is 5.70. The summed E-state index contributed by atoms with van der Waals surface area (Å²) in [5.41, 5.74) is 1.90. The summed E-state index contributed by atoms with van der Waals surface area (Å²) < 4.78 is 2.23. The predicted octanol–water partition coefficient (Wildman–Crippen LogP) is 4.48. The van der Waals surface area contributed by atoms with Gasteiger partial charge in [-0.25, -0.2) is 9.97 Å². The fraction of sp³-hybridized carbons (Fsp3) is 0.571. The number of halogens is 1. The molecule has 2 unspecified atom stereocenters. The van der Waals surface area contributed by atoms with Crippen molar-refractivity contribution in [3.05, 3.63) is 24.2 Å². The molecule has 0 aliphatic rings. The van der Waals surface area contributed by atoms with Gasteiger partial charge in [0.25, 0.3) is 0 Å². The number of aromatic nitrogens is 3. The van der Waals surface area contributed by atoms with E-state index in [9.17, 15) is 0 Å². The highest BCUT2D eigenvalue weighted by molar-refractivity contribution is 6.20. The van der Waals surface area contributed by atoms with Gasteiger partial charge in [0.15, 0.2) is 5.65 Å². The molecule has 0 radical (unpaired) electrons. The van der Waals surface area contributed by atoms with E-state index in [4.69, 9.17) is 11.6 Å². The summed E-state index contributed by atoms with van der Waals surface area (Å²) in [5, 5.41) is -0.0925. The SMILES string of the molecule is CCCC(CC)n1c(C(C)Cl)nc2cccnc21. The van der Waals surface area contributed by atoms with E-state index in [1.54, 1.807) is 0 Å². The van der Waals surface area contributed by atoms with Crippen molar-refractivity contribution in [2.45, 2.75) is 51.5 Å². The Hall–Kier alpha value is -1.09. The second-order valence-electron chi connectivity index (χ2n) is 4.65. The molecule has 2 aromatic rings. The van der Waals surface area contributed by atoms with Gasteiger partial charge in [0.05, 0.1) is 5.38 Å². The maximum Gasteiger partial charge on any atom is 0.160 e. The summed E-state index contributed by atoms with van der Waals surface area (Å²) in [6.45, 7) is 6.38. The van der Waals surface area contributed by atoms with Gasteiger partial charge in [-0.2, -0.15) is 0 Å². The van der Waals surface area contributed by atoms with Crippen LogP contribution in [-0.2, 0) is 0 Å². The van der Waals surface area contributed by atoms with Crippen molar-refractivity contribution in [3.8, 4) is 0 Å². The number of fused-ring (bicyclic) bond motifs is 1. The Bertz CT molecular complexity index is 519. The number of nitrogens with zero attached hydrogens (tertiary/aromatic N) is 3. The van der Waals surface area contributed by atoms with Crippen molar-refractivity contribution in [1.82, 2.24) is 14.5 Å². The van der Waals surface area contributed by atoms with Gasteiger partial charge in [0.2, 0.25) is 0 Å². The van der Waals surface area contributed by atoms with E-state index in [2.05, 4.69) is 28.4 Å². The van der Waals surface area contributed by atoms with Crippen molar-refractivity contribution < 1.29 is 0 Å². The molecule has 18 heavy (non-hydrogen) atoms. The van der Waals surface area contributed by atoms with Crippen LogP contribution in [0.2, 0.25) is 0 Å². The molecule has 0 bridgehead atoms. The number of pyridine rings is 1. The first-order valence-corrected chi connectivity index (χ1v) is 7.09. The monoisotopic (exact) mass is 265 g/mol. The highest BCUT2D eigenvalue weighted by Crippen LogP contribution is 2.30. The van der Waals surface area contributed by atoms with E-state index in [0.717, 1.165) is 36.3 Å². The molecule has 2 heterocycles. The lowest BCUT2D eigenvalue weighted by atomic mass is 10.1. The van der Waals surface area contributed by atoms with Gasteiger partial charge in [-0.3, -0.25) is 0 Å². The Morgan fingerprint density at radius 3 is 2.78 bits per heavy atom. The molecule has 0 saturated carbocycles. The normalized spacial score (nSPS) is 14.9. The third-order valence-electron chi connectivity index (χ3n) is 3.29. The van der Waals surface area contributed by atoms with Crippen LogP contribution < -0.4 is 0 Å². The van der Waals surface area contributed by atoms with Crippen LogP contribution in [0.4, 0.5) is 0 Å². The van der Waals surface area contributed by atoms with Crippen molar-refractivity contribution >= 4 is 22.8 Å². The molecule has 0 fully saturated rings. The molecule has 0 aromatic carbocycles. The van der Waals surface area contributed by atoms with E-state index in [-0.39, 0.29) is 5.38 Å². The van der Waals surface area contributed by atoms with E-state index < -0.39 is 0 Å². The smallest absolute Gasteiger partial charge is 0.160 e. The number of hydrogen-bond donors (Lipinski definition) is 0. The van der Waals surface area contributed by atoms with Crippen molar-refractivity contribution in [2.75, 3.05) is 0 Å². The Morgan fingerprint density at radius 1 is 1.39 bits per heavy atom. The zero-order chi connectivity index (χ0) is 13.1. The minimum atomic E-state index is -0.0925. The van der Waals surface area contributed by atoms with Crippen LogP contribution >= 0.6 is 11.6 Å². The van der Waals surface area contributed by atoms with Crippen LogP contribution in [-0.4, -0.2) is 14.5 Å². The van der Waals surface area contributed by atoms with Gasteiger partial charge in [-0.1, -0.05) is 20.3 Å². The van der Waals surface area contributed by atoms with Gasteiger partial charge < -0.3 is 4.57 Å². The number of alkyl halides is 1. The Morgan fingerprint density at radius 2 is 2.17 bits per heavy atom. The van der Waals surface area contributed by atoms with Crippen LogP contribution in [0.3, 0.4) is 0 Å². The van der Waals surface area contributed by atoms with Crippen LogP contribution in [0.5, 0.6) is 0 Å². The third-order valence-corrected chi connectivity index (χ3v) is 3.49. The number of imidazole rings is 1. The lowest BCUT2D eigenvalue weighted by Gasteiger charge is -2.20.